The van der Waals surface area contributed by atoms with Crippen LogP contribution >= 0.6 is 11.3 Å². The van der Waals surface area contributed by atoms with Gasteiger partial charge in [-0.15, -0.1) is 11.3 Å². The number of hydrogen-bond acceptors (Lipinski definition) is 4. The van der Waals surface area contributed by atoms with Gasteiger partial charge in [-0.05, 0) is 31.4 Å². The van der Waals surface area contributed by atoms with Crippen LogP contribution < -0.4 is 11.1 Å². The Bertz CT molecular complexity index is 604. The summed E-state index contributed by atoms with van der Waals surface area (Å²) in [6.45, 7) is 6.09. The monoisotopic (exact) mass is 303 g/mol. The van der Waals surface area contributed by atoms with Gasteiger partial charge in [-0.2, -0.15) is 0 Å². The van der Waals surface area contributed by atoms with Crippen LogP contribution in [0.5, 0.6) is 0 Å². The minimum absolute atomic E-state index is 0.138. The van der Waals surface area contributed by atoms with Gasteiger partial charge in [-0.25, -0.2) is 4.98 Å². The van der Waals surface area contributed by atoms with Crippen LogP contribution in [0, 0.1) is 12.8 Å². The molecule has 0 aliphatic rings. The number of anilines is 1. The minimum atomic E-state index is -0.467. The van der Waals surface area contributed by atoms with E-state index in [1.807, 2.05) is 36.6 Å². The summed E-state index contributed by atoms with van der Waals surface area (Å²) in [6.07, 6.45) is 0.683. The average molecular weight is 303 g/mol. The number of nitrogens with zero attached hydrogens (tertiary/aromatic N) is 1. The molecule has 5 heteroatoms. The smallest absolute Gasteiger partial charge is 0.241 e. The number of nitrogens with one attached hydrogen (secondary N) is 1. The molecule has 0 radical (unpaired) electrons. The van der Waals surface area contributed by atoms with Crippen LogP contribution in [0.1, 0.15) is 25.3 Å². The van der Waals surface area contributed by atoms with Crippen LogP contribution in [0.2, 0.25) is 0 Å². The Balaban J connectivity index is 2.01. The van der Waals surface area contributed by atoms with E-state index in [0.29, 0.717) is 12.3 Å². The van der Waals surface area contributed by atoms with Crippen molar-refractivity contribution in [3.8, 4) is 11.3 Å². The SMILES string of the molecule is Cc1nc(-c2ccc(NC(=O)[C@@H](N)CC(C)C)cc2)cs1. The largest absolute Gasteiger partial charge is 0.325 e. The molecule has 0 bridgehead atoms. The molecular weight excluding hydrogens is 282 g/mol. The van der Waals surface area contributed by atoms with Gasteiger partial charge >= 0.3 is 0 Å². The fourth-order valence-electron chi connectivity index (χ4n) is 2.07. The van der Waals surface area contributed by atoms with E-state index >= 15 is 0 Å². The van der Waals surface area contributed by atoms with Crippen molar-refractivity contribution in [1.82, 2.24) is 4.98 Å². The summed E-state index contributed by atoms with van der Waals surface area (Å²) in [5, 5.41) is 5.92. The lowest BCUT2D eigenvalue weighted by Crippen LogP contribution is -2.36. The topological polar surface area (TPSA) is 68.0 Å². The van der Waals surface area contributed by atoms with Crippen LogP contribution in [0.3, 0.4) is 0 Å². The lowest BCUT2D eigenvalue weighted by Gasteiger charge is -2.14. The molecule has 4 nitrogen and oxygen atoms in total. The fraction of sp³-hybridized carbons (Fsp3) is 0.375. The molecule has 0 aliphatic carbocycles. The molecule has 2 aromatic rings. The van der Waals surface area contributed by atoms with Gasteiger partial charge < -0.3 is 11.1 Å². The van der Waals surface area contributed by atoms with Crippen molar-refractivity contribution in [2.45, 2.75) is 33.2 Å². The Kier molecular flexibility index (Phi) is 5.09. The molecule has 0 saturated heterocycles. The van der Waals surface area contributed by atoms with Crippen molar-refractivity contribution in [2.24, 2.45) is 11.7 Å². The zero-order valence-electron chi connectivity index (χ0n) is 12.6. The summed E-state index contributed by atoms with van der Waals surface area (Å²) in [4.78, 5) is 16.4. The Morgan fingerprint density at radius 1 is 1.33 bits per heavy atom. The number of benzene rings is 1. The molecule has 1 heterocycles. The molecule has 112 valence electrons. The van der Waals surface area contributed by atoms with Crippen LogP contribution in [0.4, 0.5) is 5.69 Å². The summed E-state index contributed by atoms with van der Waals surface area (Å²) in [7, 11) is 0. The van der Waals surface area contributed by atoms with E-state index in [1.165, 1.54) is 0 Å². The number of aromatic nitrogens is 1. The molecule has 1 aromatic heterocycles. The number of thiazole rings is 1. The second-order valence-corrected chi connectivity index (χ2v) is 6.62. The zero-order chi connectivity index (χ0) is 15.4. The van der Waals surface area contributed by atoms with Crippen molar-refractivity contribution in [2.75, 3.05) is 5.32 Å². The third-order valence-electron chi connectivity index (χ3n) is 3.13. The van der Waals surface area contributed by atoms with Crippen LogP contribution in [0.25, 0.3) is 11.3 Å². The Hall–Kier alpha value is -1.72. The third kappa shape index (κ3) is 4.37. The molecular formula is C16H21N3OS. The predicted molar refractivity (Wildman–Crippen MR) is 88.3 cm³/mol. The van der Waals surface area contributed by atoms with Gasteiger partial charge in [0.1, 0.15) is 0 Å². The Morgan fingerprint density at radius 2 is 2.00 bits per heavy atom. The maximum atomic E-state index is 12.0. The first kappa shape index (κ1) is 15.7. The lowest BCUT2D eigenvalue weighted by molar-refractivity contribution is -0.117. The summed E-state index contributed by atoms with van der Waals surface area (Å²) in [5.41, 5.74) is 8.64. The highest BCUT2D eigenvalue weighted by molar-refractivity contribution is 7.09. The molecule has 1 aromatic carbocycles. The molecule has 3 N–H and O–H groups in total. The van der Waals surface area contributed by atoms with Crippen LogP contribution in [-0.2, 0) is 4.79 Å². The molecule has 0 spiro atoms. The standard InChI is InChI=1S/C16H21N3OS/c1-10(2)8-14(17)16(20)19-13-6-4-12(5-7-13)15-9-21-11(3)18-15/h4-7,9-10,14H,8,17H2,1-3H3,(H,19,20)/t14-/m0/s1. The van der Waals surface area contributed by atoms with E-state index in [-0.39, 0.29) is 5.91 Å². The minimum Gasteiger partial charge on any atom is -0.325 e. The van der Waals surface area contributed by atoms with Crippen molar-refractivity contribution in [1.29, 1.82) is 0 Å². The fourth-order valence-corrected chi connectivity index (χ4v) is 2.69. The van der Waals surface area contributed by atoms with Crippen LogP contribution in [0.15, 0.2) is 29.6 Å². The number of nitrogens with two attached hydrogens (primary N) is 1. The quantitative estimate of drug-likeness (QED) is 0.889. The first-order chi connectivity index (χ1) is 9.95. The van der Waals surface area contributed by atoms with Crippen molar-refractivity contribution < 1.29 is 4.79 Å². The van der Waals surface area contributed by atoms with E-state index in [0.717, 1.165) is 22.0 Å². The van der Waals surface area contributed by atoms with Gasteiger partial charge in [-0.3, -0.25) is 4.79 Å². The molecule has 2 rings (SSSR count). The number of amides is 1. The maximum absolute atomic E-state index is 12.0. The van der Waals surface area contributed by atoms with Crippen molar-refractivity contribution in [3.05, 3.63) is 34.7 Å². The maximum Gasteiger partial charge on any atom is 0.241 e. The molecule has 21 heavy (non-hydrogen) atoms. The van der Waals surface area contributed by atoms with Gasteiger partial charge in [0.2, 0.25) is 5.91 Å². The van der Waals surface area contributed by atoms with E-state index in [2.05, 4.69) is 24.1 Å². The van der Waals surface area contributed by atoms with Gasteiger partial charge in [-0.1, -0.05) is 26.0 Å². The summed E-state index contributed by atoms with van der Waals surface area (Å²) < 4.78 is 0. The number of rotatable bonds is 5. The van der Waals surface area contributed by atoms with E-state index in [1.54, 1.807) is 11.3 Å². The van der Waals surface area contributed by atoms with Crippen molar-refractivity contribution >= 4 is 22.9 Å². The second kappa shape index (κ2) is 6.83. The van der Waals surface area contributed by atoms with E-state index in [4.69, 9.17) is 5.73 Å². The first-order valence-corrected chi connectivity index (χ1v) is 7.92. The normalized spacial score (nSPS) is 12.4. The molecule has 1 atom stereocenters. The zero-order valence-corrected chi connectivity index (χ0v) is 13.4. The predicted octanol–water partition coefficient (Wildman–Crippen LogP) is 3.43. The van der Waals surface area contributed by atoms with E-state index in [9.17, 15) is 4.79 Å². The highest BCUT2D eigenvalue weighted by Gasteiger charge is 2.15. The first-order valence-electron chi connectivity index (χ1n) is 7.04. The number of hydrogen-bond donors (Lipinski definition) is 2. The second-order valence-electron chi connectivity index (χ2n) is 5.55. The summed E-state index contributed by atoms with van der Waals surface area (Å²) in [6, 6.07) is 7.20. The lowest BCUT2D eigenvalue weighted by atomic mass is 10.0. The summed E-state index contributed by atoms with van der Waals surface area (Å²) in [5.74, 6) is 0.266. The van der Waals surface area contributed by atoms with Crippen molar-refractivity contribution in [3.63, 3.8) is 0 Å². The summed E-state index contributed by atoms with van der Waals surface area (Å²) >= 11 is 1.63. The van der Waals surface area contributed by atoms with Gasteiger partial charge in [0, 0.05) is 16.6 Å². The van der Waals surface area contributed by atoms with E-state index < -0.39 is 6.04 Å². The molecule has 0 unspecified atom stereocenters. The van der Waals surface area contributed by atoms with Gasteiger partial charge in [0.25, 0.3) is 0 Å². The molecule has 0 fully saturated rings. The average Bonchev–Trinajstić information content (AvgIpc) is 2.85. The van der Waals surface area contributed by atoms with Gasteiger partial charge in [0.05, 0.1) is 16.7 Å². The molecule has 0 aliphatic heterocycles. The Labute approximate surface area is 129 Å². The molecule has 1 amide bonds. The highest BCUT2D eigenvalue weighted by atomic mass is 32.1. The van der Waals surface area contributed by atoms with Gasteiger partial charge in [0.15, 0.2) is 0 Å². The Morgan fingerprint density at radius 3 is 2.52 bits per heavy atom. The number of carbonyl (C=O) groups excluding carboxylic acids is 1. The number of aryl methyl sites for hydroxylation is 1. The van der Waals surface area contributed by atoms with Crippen LogP contribution in [-0.4, -0.2) is 16.9 Å². The third-order valence-corrected chi connectivity index (χ3v) is 3.90. The highest BCUT2D eigenvalue weighted by Crippen LogP contribution is 2.23. The number of carbonyl (C=O) groups is 1. The molecule has 0 saturated carbocycles.